The fraction of sp³-hybridized carbons (Fsp3) is 0.286. The molecule has 0 aliphatic rings. The maximum absolute atomic E-state index is 2.59. The number of hydrogen-bond donors (Lipinski definition) is 0. The first kappa shape index (κ1) is 32.6. The first-order valence-corrected chi connectivity index (χ1v) is 19.4. The molecule has 0 aliphatic carbocycles. The van der Waals surface area contributed by atoms with E-state index in [0.29, 0.717) is 0 Å². The van der Waals surface area contributed by atoms with E-state index in [9.17, 15) is 0 Å². The van der Waals surface area contributed by atoms with Crippen molar-refractivity contribution in [1.29, 1.82) is 0 Å². The van der Waals surface area contributed by atoms with Crippen LogP contribution >= 0.6 is 0 Å². The molecule has 0 nitrogen and oxygen atoms in total. The molecular weight excluding hydrogens is 624 g/mol. The third-order valence-electron chi connectivity index (χ3n) is 9.64. The van der Waals surface area contributed by atoms with E-state index >= 15 is 0 Å². The molecular formula is C42H46SiZr. The number of rotatable bonds is 10. The zero-order valence-electron chi connectivity index (χ0n) is 27.5. The van der Waals surface area contributed by atoms with Crippen LogP contribution in [0.3, 0.4) is 0 Å². The average Bonchev–Trinajstić information content (AvgIpc) is 3.55. The van der Waals surface area contributed by atoms with E-state index in [1.54, 1.807) is 10.4 Å². The predicted molar refractivity (Wildman–Crippen MR) is 193 cm³/mol. The van der Waals surface area contributed by atoms with E-state index in [1.165, 1.54) is 91.7 Å². The van der Waals surface area contributed by atoms with Gasteiger partial charge in [0.1, 0.15) is 0 Å². The minimum atomic E-state index is -2.15. The Kier molecular flexibility index (Phi) is 10.1. The van der Waals surface area contributed by atoms with Gasteiger partial charge in [-0.25, -0.2) is 0 Å². The Hall–Kier alpha value is -2.80. The fourth-order valence-corrected chi connectivity index (χ4v) is 11.8. The molecule has 0 heterocycles. The van der Waals surface area contributed by atoms with E-state index in [0.717, 1.165) is 12.8 Å². The molecule has 6 rings (SSSR count). The minimum absolute atomic E-state index is 0. The van der Waals surface area contributed by atoms with Crippen LogP contribution in [-0.4, -0.2) is 8.07 Å². The fourth-order valence-electron chi connectivity index (χ4n) is 7.62. The van der Waals surface area contributed by atoms with Crippen LogP contribution < -0.4 is 10.4 Å². The monoisotopic (exact) mass is 668 g/mol. The molecule has 0 aliphatic heterocycles. The van der Waals surface area contributed by atoms with Crippen LogP contribution in [0.2, 0.25) is 13.1 Å². The van der Waals surface area contributed by atoms with Gasteiger partial charge in [-0.15, -0.1) is 69.1 Å². The summed E-state index contributed by atoms with van der Waals surface area (Å²) in [6.45, 7) is 14.4. The van der Waals surface area contributed by atoms with Crippen molar-refractivity contribution < 1.29 is 26.2 Å². The average molecular weight is 670 g/mol. The summed E-state index contributed by atoms with van der Waals surface area (Å²) in [7, 11) is -2.15. The van der Waals surface area contributed by atoms with E-state index < -0.39 is 8.07 Å². The number of unbranched alkanes of at least 4 members (excludes halogenated alkanes) is 2. The Bertz CT molecular complexity index is 1720. The first-order valence-electron chi connectivity index (χ1n) is 16.4. The SMILES string of the molecule is CCCCc1ccc(-c2cccc3[cH-]c(C)c([Si](C)(C)c4c(C)[cH-]c5cccc(-c6ccc(CCCC)cc6)c45)c23)cc1.[Zr+2]. The third-order valence-corrected chi connectivity index (χ3v) is 13.4. The van der Waals surface area contributed by atoms with E-state index in [2.05, 4.69) is 138 Å². The second-order valence-corrected chi connectivity index (χ2v) is 17.4. The van der Waals surface area contributed by atoms with Crippen molar-refractivity contribution in [2.75, 3.05) is 0 Å². The van der Waals surface area contributed by atoms with Crippen LogP contribution in [0.5, 0.6) is 0 Å². The molecule has 0 bridgehead atoms. The maximum atomic E-state index is 2.59. The standard InChI is InChI=1S/C42H46Si.Zr/c1-7-9-13-31-19-23-33(24-20-31)37-17-11-15-35-27-29(3)41(39(35)37)43(5,6)42-30(4)28-36-16-12-18-38(40(36)42)34-25-21-32(22-26-34)14-10-8-2;/h11-12,15-28H,7-10,13-14H2,1-6H3;/q-2;+2. The van der Waals surface area contributed by atoms with Gasteiger partial charge in [0.15, 0.2) is 0 Å². The topological polar surface area (TPSA) is 0 Å². The summed E-state index contributed by atoms with van der Waals surface area (Å²) in [6.07, 6.45) is 7.29. The van der Waals surface area contributed by atoms with Crippen molar-refractivity contribution in [3.8, 4) is 22.3 Å². The third kappa shape index (κ3) is 6.05. The van der Waals surface area contributed by atoms with Crippen LogP contribution in [0.25, 0.3) is 43.8 Å². The summed E-state index contributed by atoms with van der Waals surface area (Å²) >= 11 is 0. The van der Waals surface area contributed by atoms with Gasteiger partial charge in [-0.05, 0) is 47.9 Å². The molecule has 6 aromatic rings. The summed E-state index contributed by atoms with van der Waals surface area (Å²) in [5, 5.41) is 8.85. The van der Waals surface area contributed by atoms with E-state index in [1.807, 2.05) is 0 Å². The van der Waals surface area contributed by atoms with Crippen molar-refractivity contribution >= 4 is 40.0 Å². The van der Waals surface area contributed by atoms with Gasteiger partial charge in [0.05, 0.1) is 0 Å². The molecule has 0 saturated heterocycles. The molecule has 0 radical (unpaired) electrons. The van der Waals surface area contributed by atoms with Crippen LogP contribution in [0, 0.1) is 13.8 Å². The van der Waals surface area contributed by atoms with E-state index in [-0.39, 0.29) is 26.2 Å². The molecule has 0 spiro atoms. The van der Waals surface area contributed by atoms with Crippen molar-refractivity contribution in [2.24, 2.45) is 0 Å². The Morgan fingerprint density at radius 3 is 1.30 bits per heavy atom. The van der Waals surface area contributed by atoms with Crippen molar-refractivity contribution in [3.05, 3.63) is 119 Å². The zero-order chi connectivity index (χ0) is 30.1. The van der Waals surface area contributed by atoms with Crippen LogP contribution in [0.1, 0.15) is 61.8 Å². The molecule has 222 valence electrons. The van der Waals surface area contributed by atoms with Gasteiger partial charge in [-0.1, -0.05) is 125 Å². The second kappa shape index (κ2) is 13.7. The molecule has 0 saturated carbocycles. The van der Waals surface area contributed by atoms with Gasteiger partial charge in [-0.3, -0.25) is 0 Å². The molecule has 0 N–H and O–H groups in total. The normalized spacial score (nSPS) is 11.8. The summed E-state index contributed by atoms with van der Waals surface area (Å²) < 4.78 is 0. The number of hydrogen-bond acceptors (Lipinski definition) is 0. The first-order chi connectivity index (χ1) is 20.8. The van der Waals surface area contributed by atoms with Gasteiger partial charge in [-0.2, -0.15) is 10.4 Å². The molecule has 2 heteroatoms. The largest absolute Gasteiger partial charge is 2.00 e. The molecule has 0 aromatic heterocycles. The maximum Gasteiger partial charge on any atom is 2.00 e. The van der Waals surface area contributed by atoms with Gasteiger partial charge >= 0.3 is 26.2 Å². The Labute approximate surface area is 285 Å². The summed E-state index contributed by atoms with van der Waals surface area (Å²) in [4.78, 5) is 0. The molecule has 0 amide bonds. The van der Waals surface area contributed by atoms with Gasteiger partial charge < -0.3 is 0 Å². The smallest absolute Gasteiger partial charge is 0.158 e. The predicted octanol–water partition coefficient (Wildman–Crippen LogP) is 10.9. The van der Waals surface area contributed by atoms with Gasteiger partial charge in [0.2, 0.25) is 0 Å². The molecule has 0 fully saturated rings. The van der Waals surface area contributed by atoms with Crippen molar-refractivity contribution in [2.45, 2.75) is 79.3 Å². The van der Waals surface area contributed by atoms with Gasteiger partial charge in [0.25, 0.3) is 0 Å². The Morgan fingerprint density at radius 1 is 0.545 bits per heavy atom. The molecule has 0 unspecified atom stereocenters. The summed E-state index contributed by atoms with van der Waals surface area (Å²) in [5.74, 6) is 0. The van der Waals surface area contributed by atoms with Gasteiger partial charge in [0, 0.05) is 8.07 Å². The number of fused-ring (bicyclic) bond motifs is 2. The minimum Gasteiger partial charge on any atom is -0.158 e. The van der Waals surface area contributed by atoms with Crippen LogP contribution in [0.4, 0.5) is 0 Å². The van der Waals surface area contributed by atoms with Crippen molar-refractivity contribution in [3.63, 3.8) is 0 Å². The zero-order valence-corrected chi connectivity index (χ0v) is 30.9. The number of aryl methyl sites for hydroxylation is 4. The Balaban J connectivity index is 0.00000384. The van der Waals surface area contributed by atoms with Crippen molar-refractivity contribution in [1.82, 2.24) is 0 Å². The molecule has 44 heavy (non-hydrogen) atoms. The summed E-state index contributed by atoms with van der Waals surface area (Å²) in [5.41, 5.74) is 11.2. The van der Waals surface area contributed by atoms with E-state index in [4.69, 9.17) is 0 Å². The second-order valence-electron chi connectivity index (χ2n) is 13.2. The quantitative estimate of drug-likeness (QED) is 0.101. The molecule has 0 atom stereocenters. The number of benzene rings is 4. The Morgan fingerprint density at radius 2 is 0.932 bits per heavy atom. The van der Waals surface area contributed by atoms with Crippen LogP contribution in [-0.2, 0) is 39.0 Å². The summed E-state index contributed by atoms with van der Waals surface area (Å²) in [6, 6.07) is 37.5. The molecule has 6 aromatic carbocycles. The van der Waals surface area contributed by atoms with Crippen LogP contribution in [0.15, 0.2) is 97.1 Å².